The van der Waals surface area contributed by atoms with Crippen molar-refractivity contribution in [1.29, 1.82) is 0 Å². The Morgan fingerprint density at radius 2 is 1.11 bits per heavy atom. The summed E-state index contributed by atoms with van der Waals surface area (Å²) < 4.78 is 32.8. The van der Waals surface area contributed by atoms with Crippen LogP contribution in [-0.2, 0) is 9.59 Å². The Bertz CT molecular complexity index is 1170. The van der Waals surface area contributed by atoms with E-state index in [1.807, 2.05) is 12.1 Å². The summed E-state index contributed by atoms with van der Waals surface area (Å²) in [5.41, 5.74) is 2.88. The van der Waals surface area contributed by atoms with E-state index in [9.17, 15) is 9.59 Å². The number of methoxy groups -OCH3 is 6. The molecule has 9 heteroatoms. The molecular weight excluding hydrogens is 466 g/mol. The molecule has 1 aliphatic heterocycles. The first-order chi connectivity index (χ1) is 17.4. The third-order valence-corrected chi connectivity index (χ3v) is 6.78. The van der Waals surface area contributed by atoms with E-state index in [-0.39, 0.29) is 30.4 Å². The molecule has 1 heterocycles. The Labute approximate surface area is 210 Å². The average molecular weight is 498 g/mol. The molecule has 192 valence electrons. The van der Waals surface area contributed by atoms with E-state index in [4.69, 9.17) is 28.4 Å². The number of Topliss-reactive ketones (excluding diaryl/α,β-unsaturated/α-hetero) is 1. The molecule has 9 nitrogen and oxygen atoms in total. The molecular formula is C27H31NO8. The Kier molecular flexibility index (Phi) is 7.28. The highest BCUT2D eigenvalue weighted by atomic mass is 16.5. The van der Waals surface area contributed by atoms with Crippen molar-refractivity contribution in [2.75, 3.05) is 42.7 Å². The number of nitrogens with one attached hydrogen (secondary N) is 1. The first kappa shape index (κ1) is 25.2. The fourth-order valence-electron chi connectivity index (χ4n) is 5.12. The lowest BCUT2D eigenvalue weighted by atomic mass is 9.73. The first-order valence-electron chi connectivity index (χ1n) is 11.5. The summed E-state index contributed by atoms with van der Waals surface area (Å²) in [5.74, 6) is 2.16. The van der Waals surface area contributed by atoms with Crippen LogP contribution in [0.5, 0.6) is 34.5 Å². The van der Waals surface area contributed by atoms with Crippen LogP contribution < -0.4 is 33.7 Å². The van der Waals surface area contributed by atoms with E-state index in [2.05, 4.69) is 5.32 Å². The molecule has 2 atom stereocenters. The van der Waals surface area contributed by atoms with Gasteiger partial charge in [-0.1, -0.05) is 0 Å². The molecule has 2 aromatic carbocycles. The lowest BCUT2D eigenvalue weighted by Crippen LogP contribution is -2.38. The summed E-state index contributed by atoms with van der Waals surface area (Å²) in [4.78, 5) is 26.4. The van der Waals surface area contributed by atoms with Gasteiger partial charge in [0.1, 0.15) is 0 Å². The van der Waals surface area contributed by atoms with Crippen molar-refractivity contribution in [2.45, 2.75) is 31.1 Å². The number of carbonyl (C=O) groups excluding carboxylic acids is 2. The van der Waals surface area contributed by atoms with Gasteiger partial charge in [-0.05, 0) is 47.7 Å². The monoisotopic (exact) mass is 497 g/mol. The van der Waals surface area contributed by atoms with Crippen LogP contribution in [0.1, 0.15) is 42.2 Å². The summed E-state index contributed by atoms with van der Waals surface area (Å²) >= 11 is 0. The fraction of sp³-hybridized carbons (Fsp3) is 0.407. The molecule has 0 radical (unpaired) electrons. The zero-order valence-corrected chi connectivity index (χ0v) is 21.4. The number of allylic oxidation sites excluding steroid dienone is 2. The van der Waals surface area contributed by atoms with Gasteiger partial charge in [-0.2, -0.15) is 0 Å². The summed E-state index contributed by atoms with van der Waals surface area (Å²) in [6.07, 6.45) is 0.929. The Morgan fingerprint density at radius 3 is 1.56 bits per heavy atom. The lowest BCUT2D eigenvalue weighted by molar-refractivity contribution is -0.122. The molecule has 36 heavy (non-hydrogen) atoms. The van der Waals surface area contributed by atoms with Crippen molar-refractivity contribution in [3.05, 3.63) is 46.7 Å². The molecule has 0 fully saturated rings. The normalized spacial score (nSPS) is 19.3. The molecule has 1 N–H and O–H groups in total. The van der Waals surface area contributed by atoms with Crippen molar-refractivity contribution in [1.82, 2.24) is 5.32 Å². The SMILES string of the molecule is COc1cc(C2CC(=O)C3=C(C2)NC(=O)CC3c2cc(OC)c(OC)c(OC)c2)cc(OC)c1OC. The van der Waals surface area contributed by atoms with Gasteiger partial charge in [-0.15, -0.1) is 0 Å². The maximum atomic E-state index is 13.6. The van der Waals surface area contributed by atoms with Crippen LogP contribution in [0.2, 0.25) is 0 Å². The van der Waals surface area contributed by atoms with Gasteiger partial charge < -0.3 is 33.7 Å². The highest BCUT2D eigenvalue weighted by molar-refractivity contribution is 6.02. The van der Waals surface area contributed by atoms with Gasteiger partial charge >= 0.3 is 0 Å². The molecule has 1 amide bonds. The molecule has 2 unspecified atom stereocenters. The van der Waals surface area contributed by atoms with Gasteiger partial charge in [-0.25, -0.2) is 0 Å². The Morgan fingerprint density at radius 1 is 0.639 bits per heavy atom. The lowest BCUT2D eigenvalue weighted by Gasteiger charge is -2.35. The highest BCUT2D eigenvalue weighted by Gasteiger charge is 2.39. The number of carbonyl (C=O) groups is 2. The minimum atomic E-state index is -0.421. The maximum Gasteiger partial charge on any atom is 0.225 e. The first-order valence-corrected chi connectivity index (χ1v) is 11.5. The summed E-state index contributed by atoms with van der Waals surface area (Å²) in [5, 5.41) is 2.95. The molecule has 0 spiro atoms. The van der Waals surface area contributed by atoms with E-state index in [0.29, 0.717) is 52.2 Å². The van der Waals surface area contributed by atoms with E-state index < -0.39 is 5.92 Å². The van der Waals surface area contributed by atoms with Crippen molar-refractivity contribution < 1.29 is 38.0 Å². The standard InChI is InChI=1S/C27H31NO8/c1-31-20-9-15(10-21(32-2)26(20)35-5)14-7-18-25(19(29)8-14)17(13-24(30)28-18)16-11-22(33-3)27(36-6)23(12-16)34-4/h9-12,14,17H,7-8,13H2,1-6H3,(H,28,30). The van der Waals surface area contributed by atoms with Gasteiger partial charge in [0.2, 0.25) is 17.4 Å². The molecule has 0 saturated carbocycles. The predicted molar refractivity (Wildman–Crippen MR) is 132 cm³/mol. The quantitative estimate of drug-likeness (QED) is 0.589. The van der Waals surface area contributed by atoms with Crippen molar-refractivity contribution in [3.63, 3.8) is 0 Å². The molecule has 0 aromatic heterocycles. The van der Waals surface area contributed by atoms with Gasteiger partial charge in [-0.3, -0.25) is 9.59 Å². The van der Waals surface area contributed by atoms with Crippen molar-refractivity contribution >= 4 is 11.7 Å². The van der Waals surface area contributed by atoms with Crippen LogP contribution in [0, 0.1) is 0 Å². The van der Waals surface area contributed by atoms with Gasteiger partial charge in [0.25, 0.3) is 0 Å². The number of benzene rings is 2. The second-order valence-electron chi connectivity index (χ2n) is 8.64. The molecule has 0 saturated heterocycles. The second kappa shape index (κ2) is 10.4. The molecule has 2 aromatic rings. The maximum absolute atomic E-state index is 13.6. The number of hydrogen-bond acceptors (Lipinski definition) is 8. The minimum Gasteiger partial charge on any atom is -0.493 e. The smallest absolute Gasteiger partial charge is 0.225 e. The predicted octanol–water partition coefficient (Wildman–Crippen LogP) is 3.74. The van der Waals surface area contributed by atoms with Crippen LogP contribution in [0.4, 0.5) is 0 Å². The fourth-order valence-corrected chi connectivity index (χ4v) is 5.12. The average Bonchev–Trinajstić information content (AvgIpc) is 2.90. The van der Waals surface area contributed by atoms with Crippen LogP contribution >= 0.6 is 0 Å². The van der Waals surface area contributed by atoms with Crippen LogP contribution in [0.15, 0.2) is 35.5 Å². The van der Waals surface area contributed by atoms with E-state index in [0.717, 1.165) is 11.1 Å². The topological polar surface area (TPSA) is 102 Å². The van der Waals surface area contributed by atoms with Gasteiger partial charge in [0, 0.05) is 30.0 Å². The third-order valence-electron chi connectivity index (χ3n) is 6.78. The van der Waals surface area contributed by atoms with Crippen LogP contribution in [-0.4, -0.2) is 54.3 Å². The zero-order chi connectivity index (χ0) is 26.0. The number of ketones is 1. The highest BCUT2D eigenvalue weighted by Crippen LogP contribution is 2.48. The van der Waals surface area contributed by atoms with E-state index in [1.165, 1.54) is 21.3 Å². The Hall–Kier alpha value is -3.88. The largest absolute Gasteiger partial charge is 0.493 e. The third kappa shape index (κ3) is 4.41. The van der Waals surface area contributed by atoms with Gasteiger partial charge in [0.15, 0.2) is 28.8 Å². The van der Waals surface area contributed by atoms with Crippen molar-refractivity contribution in [2.24, 2.45) is 0 Å². The number of rotatable bonds is 8. The van der Waals surface area contributed by atoms with Crippen LogP contribution in [0.25, 0.3) is 0 Å². The number of amides is 1. The molecule has 4 rings (SSSR count). The summed E-state index contributed by atoms with van der Waals surface area (Å²) in [6.45, 7) is 0. The van der Waals surface area contributed by atoms with Gasteiger partial charge in [0.05, 0.1) is 42.7 Å². The van der Waals surface area contributed by atoms with Crippen LogP contribution in [0.3, 0.4) is 0 Å². The Balaban J connectivity index is 1.76. The minimum absolute atomic E-state index is 0.0197. The second-order valence-corrected chi connectivity index (χ2v) is 8.64. The molecule has 2 aliphatic rings. The number of hydrogen-bond donors (Lipinski definition) is 1. The molecule has 0 bridgehead atoms. The summed E-state index contributed by atoms with van der Waals surface area (Å²) in [7, 11) is 9.25. The van der Waals surface area contributed by atoms with Crippen molar-refractivity contribution in [3.8, 4) is 34.5 Å². The van der Waals surface area contributed by atoms with E-state index >= 15 is 0 Å². The molecule has 1 aliphatic carbocycles. The zero-order valence-electron chi connectivity index (χ0n) is 21.4. The summed E-state index contributed by atoms with van der Waals surface area (Å²) in [6, 6.07) is 7.31. The van der Waals surface area contributed by atoms with E-state index in [1.54, 1.807) is 33.5 Å². The number of ether oxygens (including phenoxy) is 6.